The zero-order chi connectivity index (χ0) is 13.3. The molecule has 2 unspecified atom stereocenters. The van der Waals surface area contributed by atoms with E-state index in [9.17, 15) is 18.0 Å². The Morgan fingerprint density at radius 2 is 2.06 bits per heavy atom. The van der Waals surface area contributed by atoms with Gasteiger partial charge in [0.05, 0.1) is 5.56 Å². The van der Waals surface area contributed by atoms with Crippen LogP contribution in [0.5, 0.6) is 0 Å². The first-order valence-corrected chi connectivity index (χ1v) is 5.54. The molecule has 2 atom stereocenters. The van der Waals surface area contributed by atoms with Crippen LogP contribution in [0.3, 0.4) is 0 Å². The van der Waals surface area contributed by atoms with Gasteiger partial charge < -0.3 is 5.11 Å². The second kappa shape index (κ2) is 4.61. The topological polar surface area (TPSA) is 49.3 Å². The van der Waals surface area contributed by atoms with E-state index in [2.05, 4.69) is 5.32 Å². The number of carboxylic acid groups (broad SMARTS) is 1. The maximum Gasteiger partial charge on any atom is 0.416 e. The highest BCUT2D eigenvalue weighted by atomic mass is 19.4. The van der Waals surface area contributed by atoms with Crippen molar-refractivity contribution in [3.63, 3.8) is 0 Å². The van der Waals surface area contributed by atoms with Crippen molar-refractivity contribution >= 4 is 5.97 Å². The Hall–Kier alpha value is -1.56. The molecule has 98 valence electrons. The van der Waals surface area contributed by atoms with E-state index in [1.807, 2.05) is 0 Å². The standard InChI is InChI=1S/C12H12F3NO2/c13-12(14,15)8-3-1-2-7(6-8)9-4-5-10(16-9)11(17)18/h1-3,6,9-10,16H,4-5H2,(H,17,18). The maximum atomic E-state index is 12.5. The van der Waals surface area contributed by atoms with Crippen LogP contribution in [-0.4, -0.2) is 17.1 Å². The number of alkyl halides is 3. The molecule has 6 heteroatoms. The average molecular weight is 259 g/mol. The minimum atomic E-state index is -4.37. The van der Waals surface area contributed by atoms with Crippen LogP contribution in [0.15, 0.2) is 24.3 Å². The molecule has 3 nitrogen and oxygen atoms in total. The van der Waals surface area contributed by atoms with Crippen LogP contribution in [0, 0.1) is 0 Å². The predicted molar refractivity (Wildman–Crippen MR) is 58.0 cm³/mol. The van der Waals surface area contributed by atoms with Gasteiger partial charge in [-0.3, -0.25) is 10.1 Å². The van der Waals surface area contributed by atoms with Gasteiger partial charge in [0.1, 0.15) is 6.04 Å². The summed E-state index contributed by atoms with van der Waals surface area (Å²) in [7, 11) is 0. The lowest BCUT2D eigenvalue weighted by Gasteiger charge is -2.14. The second-order valence-corrected chi connectivity index (χ2v) is 4.31. The molecule has 0 bridgehead atoms. The summed E-state index contributed by atoms with van der Waals surface area (Å²) in [5.41, 5.74) is -0.228. The zero-order valence-corrected chi connectivity index (χ0v) is 9.37. The van der Waals surface area contributed by atoms with Gasteiger partial charge in [0.25, 0.3) is 0 Å². The summed E-state index contributed by atoms with van der Waals surface area (Å²) in [6, 6.07) is 4.00. The lowest BCUT2D eigenvalue weighted by molar-refractivity contribution is -0.139. The molecule has 1 aromatic rings. The number of hydrogen-bond acceptors (Lipinski definition) is 2. The summed E-state index contributed by atoms with van der Waals surface area (Å²) in [5, 5.41) is 11.6. The first-order chi connectivity index (χ1) is 8.38. The molecular weight excluding hydrogens is 247 g/mol. The van der Waals surface area contributed by atoms with Crippen LogP contribution in [0.2, 0.25) is 0 Å². The number of aliphatic carboxylic acids is 1. The summed E-state index contributed by atoms with van der Waals surface area (Å²) in [6.45, 7) is 0. The highest BCUT2D eigenvalue weighted by Gasteiger charge is 2.33. The number of benzene rings is 1. The van der Waals surface area contributed by atoms with E-state index >= 15 is 0 Å². The van der Waals surface area contributed by atoms with E-state index in [1.165, 1.54) is 6.07 Å². The highest BCUT2D eigenvalue weighted by molar-refractivity contribution is 5.73. The molecule has 0 aliphatic carbocycles. The molecule has 1 saturated heterocycles. The second-order valence-electron chi connectivity index (χ2n) is 4.31. The molecule has 1 aromatic carbocycles. The quantitative estimate of drug-likeness (QED) is 0.858. The normalized spacial score (nSPS) is 24.2. The molecule has 0 radical (unpaired) electrons. The third-order valence-electron chi connectivity index (χ3n) is 3.06. The molecule has 1 aliphatic heterocycles. The van der Waals surface area contributed by atoms with Crippen molar-refractivity contribution in [1.29, 1.82) is 0 Å². The fourth-order valence-electron chi connectivity index (χ4n) is 2.13. The van der Waals surface area contributed by atoms with Crippen molar-refractivity contribution in [2.24, 2.45) is 0 Å². The number of rotatable bonds is 2. The Balaban J connectivity index is 2.18. The van der Waals surface area contributed by atoms with Gasteiger partial charge >= 0.3 is 12.1 Å². The summed E-state index contributed by atoms with van der Waals surface area (Å²) < 4.78 is 37.6. The van der Waals surface area contributed by atoms with Crippen molar-refractivity contribution in [1.82, 2.24) is 5.32 Å². The van der Waals surface area contributed by atoms with E-state index in [0.717, 1.165) is 12.1 Å². The van der Waals surface area contributed by atoms with Crippen molar-refractivity contribution in [3.8, 4) is 0 Å². The molecular formula is C12H12F3NO2. The first-order valence-electron chi connectivity index (χ1n) is 5.54. The Kier molecular flexibility index (Phi) is 3.30. The van der Waals surface area contributed by atoms with E-state index in [0.29, 0.717) is 18.4 Å². The SMILES string of the molecule is O=C(O)C1CCC(c2cccc(C(F)(F)F)c2)N1. The maximum absolute atomic E-state index is 12.5. The van der Waals surface area contributed by atoms with Gasteiger partial charge in [-0.1, -0.05) is 12.1 Å². The fourth-order valence-corrected chi connectivity index (χ4v) is 2.13. The van der Waals surface area contributed by atoms with Gasteiger partial charge in [-0.25, -0.2) is 0 Å². The first kappa shape index (κ1) is 12.9. The molecule has 1 fully saturated rings. The molecule has 0 spiro atoms. The summed E-state index contributed by atoms with van der Waals surface area (Å²) in [5.74, 6) is -0.968. The number of nitrogens with one attached hydrogen (secondary N) is 1. The Labute approximate surface area is 102 Å². The van der Waals surface area contributed by atoms with Gasteiger partial charge in [0, 0.05) is 6.04 Å². The minimum Gasteiger partial charge on any atom is -0.480 e. The number of carbonyl (C=O) groups is 1. The van der Waals surface area contributed by atoms with Crippen LogP contribution in [0.1, 0.15) is 30.0 Å². The Bertz CT molecular complexity index is 459. The molecule has 2 N–H and O–H groups in total. The van der Waals surface area contributed by atoms with Gasteiger partial charge in [0.15, 0.2) is 0 Å². The molecule has 1 aliphatic rings. The van der Waals surface area contributed by atoms with Crippen molar-refractivity contribution in [2.45, 2.75) is 31.1 Å². The van der Waals surface area contributed by atoms with Crippen molar-refractivity contribution in [2.75, 3.05) is 0 Å². The van der Waals surface area contributed by atoms with E-state index < -0.39 is 23.8 Å². The Morgan fingerprint density at radius 1 is 1.33 bits per heavy atom. The highest BCUT2D eigenvalue weighted by Crippen LogP contribution is 2.33. The summed E-state index contributed by atoms with van der Waals surface area (Å²) in [6.07, 6.45) is -3.42. The molecule has 2 rings (SSSR count). The van der Waals surface area contributed by atoms with Gasteiger partial charge in [-0.05, 0) is 30.5 Å². The number of halogens is 3. The van der Waals surface area contributed by atoms with Crippen LogP contribution in [0.4, 0.5) is 13.2 Å². The number of carboxylic acids is 1. The Morgan fingerprint density at radius 3 is 2.61 bits per heavy atom. The molecule has 0 amide bonds. The van der Waals surface area contributed by atoms with Crippen LogP contribution >= 0.6 is 0 Å². The van der Waals surface area contributed by atoms with E-state index in [1.54, 1.807) is 6.07 Å². The monoisotopic (exact) mass is 259 g/mol. The third-order valence-corrected chi connectivity index (χ3v) is 3.06. The van der Waals surface area contributed by atoms with Gasteiger partial charge in [-0.15, -0.1) is 0 Å². The summed E-state index contributed by atoms with van der Waals surface area (Å²) in [4.78, 5) is 10.8. The van der Waals surface area contributed by atoms with E-state index in [4.69, 9.17) is 5.11 Å². The molecule has 0 saturated carbocycles. The largest absolute Gasteiger partial charge is 0.480 e. The smallest absolute Gasteiger partial charge is 0.416 e. The average Bonchev–Trinajstić information content (AvgIpc) is 2.77. The van der Waals surface area contributed by atoms with Crippen LogP contribution < -0.4 is 5.32 Å². The molecule has 0 aromatic heterocycles. The van der Waals surface area contributed by atoms with Gasteiger partial charge in [-0.2, -0.15) is 13.2 Å². The van der Waals surface area contributed by atoms with Crippen LogP contribution in [0.25, 0.3) is 0 Å². The fraction of sp³-hybridized carbons (Fsp3) is 0.417. The molecule has 1 heterocycles. The molecule has 18 heavy (non-hydrogen) atoms. The summed E-state index contributed by atoms with van der Waals surface area (Å²) >= 11 is 0. The zero-order valence-electron chi connectivity index (χ0n) is 9.37. The lowest BCUT2D eigenvalue weighted by atomic mass is 10.0. The lowest BCUT2D eigenvalue weighted by Crippen LogP contribution is -2.31. The number of hydrogen-bond donors (Lipinski definition) is 2. The van der Waals surface area contributed by atoms with Crippen molar-refractivity contribution in [3.05, 3.63) is 35.4 Å². The van der Waals surface area contributed by atoms with Crippen LogP contribution in [-0.2, 0) is 11.0 Å². The minimum absolute atomic E-state index is 0.326. The predicted octanol–water partition coefficient (Wildman–Crippen LogP) is 2.58. The van der Waals surface area contributed by atoms with Crippen molar-refractivity contribution < 1.29 is 23.1 Å². The van der Waals surface area contributed by atoms with E-state index in [-0.39, 0.29) is 6.04 Å². The van der Waals surface area contributed by atoms with Gasteiger partial charge in [0.2, 0.25) is 0 Å². The third kappa shape index (κ3) is 2.64.